The van der Waals surface area contributed by atoms with E-state index in [2.05, 4.69) is 24.5 Å². The smallest absolute Gasteiger partial charge is 0.140 e. The van der Waals surface area contributed by atoms with E-state index in [1.54, 1.807) is 12.1 Å². The largest absolute Gasteiger partial charge is 0.506 e. The van der Waals surface area contributed by atoms with Crippen molar-refractivity contribution < 1.29 is 15.3 Å². The number of hydrogen-bond acceptors (Lipinski definition) is 5. The molecule has 0 saturated heterocycles. The van der Waals surface area contributed by atoms with Gasteiger partial charge >= 0.3 is 0 Å². The summed E-state index contributed by atoms with van der Waals surface area (Å²) in [5.41, 5.74) is 1.36. The predicted octanol–water partition coefficient (Wildman–Crippen LogP) is 8.00. The number of aliphatic hydroxyl groups is 2. The minimum atomic E-state index is -0.435. The molecule has 0 amide bonds. The third-order valence-corrected chi connectivity index (χ3v) is 6.87. The van der Waals surface area contributed by atoms with Crippen molar-refractivity contribution in [3.63, 3.8) is 0 Å². The highest BCUT2D eigenvalue weighted by Crippen LogP contribution is 2.31. The minimum Gasteiger partial charge on any atom is -0.506 e. The van der Waals surface area contributed by atoms with Gasteiger partial charge in [0.1, 0.15) is 11.4 Å². The van der Waals surface area contributed by atoms with Gasteiger partial charge in [-0.1, -0.05) is 123 Å². The van der Waals surface area contributed by atoms with Crippen LogP contribution in [0.2, 0.25) is 0 Å². The molecule has 0 spiro atoms. The van der Waals surface area contributed by atoms with Crippen molar-refractivity contribution >= 4 is 11.4 Å². The molecule has 5 nitrogen and oxygen atoms in total. The van der Waals surface area contributed by atoms with Gasteiger partial charge in [-0.25, -0.2) is 0 Å². The Labute approximate surface area is 216 Å². The van der Waals surface area contributed by atoms with Crippen molar-refractivity contribution in [2.75, 3.05) is 23.7 Å². The van der Waals surface area contributed by atoms with Crippen LogP contribution in [0.1, 0.15) is 129 Å². The zero-order chi connectivity index (χ0) is 25.6. The van der Waals surface area contributed by atoms with E-state index in [0.717, 1.165) is 31.4 Å². The third kappa shape index (κ3) is 16.8. The quantitative estimate of drug-likeness (QED) is 0.0745. The van der Waals surface area contributed by atoms with Crippen LogP contribution in [-0.2, 0) is 0 Å². The Bertz CT molecular complexity index is 611. The van der Waals surface area contributed by atoms with Crippen LogP contribution < -0.4 is 10.6 Å². The zero-order valence-electron chi connectivity index (χ0n) is 22.9. The molecule has 1 rings (SSSR count). The molecule has 0 aromatic heterocycles. The first-order valence-electron chi connectivity index (χ1n) is 14.7. The number of unbranched alkanes of at least 4 members (excludes halogenated alkanes) is 14. The van der Waals surface area contributed by atoms with Crippen LogP contribution in [0.25, 0.3) is 0 Å². The van der Waals surface area contributed by atoms with Crippen molar-refractivity contribution in [2.24, 2.45) is 0 Å². The normalized spacial score (nSPS) is 13.0. The van der Waals surface area contributed by atoms with E-state index in [9.17, 15) is 15.3 Å². The van der Waals surface area contributed by atoms with Gasteiger partial charge in [-0.15, -0.1) is 0 Å². The summed E-state index contributed by atoms with van der Waals surface area (Å²) in [7, 11) is 0. The SMILES string of the molecule is CCCCCCCCCCC(O)CNc1cccc(O)c1NCC(O)CCCCCCCCCC. The summed E-state index contributed by atoms with van der Waals surface area (Å²) in [6.07, 6.45) is 20.9. The van der Waals surface area contributed by atoms with E-state index >= 15 is 0 Å². The summed E-state index contributed by atoms with van der Waals surface area (Å²) in [5.74, 6) is 0.159. The Hall–Kier alpha value is -1.46. The molecule has 2 unspecified atom stereocenters. The molecule has 2 atom stereocenters. The van der Waals surface area contributed by atoms with Gasteiger partial charge < -0.3 is 26.0 Å². The van der Waals surface area contributed by atoms with Crippen LogP contribution >= 0.6 is 0 Å². The second-order valence-electron chi connectivity index (χ2n) is 10.3. The number of phenols is 1. The fourth-order valence-corrected chi connectivity index (χ4v) is 4.55. The van der Waals surface area contributed by atoms with E-state index < -0.39 is 12.2 Å². The van der Waals surface area contributed by atoms with Crippen molar-refractivity contribution in [1.29, 1.82) is 0 Å². The average Bonchev–Trinajstić information content (AvgIpc) is 2.85. The second-order valence-corrected chi connectivity index (χ2v) is 10.3. The molecule has 0 saturated carbocycles. The molecule has 0 aliphatic heterocycles. The maximum atomic E-state index is 10.4. The summed E-state index contributed by atoms with van der Waals surface area (Å²) < 4.78 is 0. The standard InChI is InChI=1S/C30H56N2O3/c1-3-5-7-9-11-13-15-17-20-26(33)24-31-28-22-19-23-29(35)30(28)32-25-27(34)21-18-16-14-12-10-8-6-4-2/h19,22-23,26-27,31-35H,3-18,20-21,24-25H2,1-2H3. The molecule has 0 aliphatic carbocycles. The van der Waals surface area contributed by atoms with Gasteiger partial charge in [0, 0.05) is 13.1 Å². The summed E-state index contributed by atoms with van der Waals surface area (Å²) in [6.45, 7) is 5.35. The Kier molecular flexibility index (Phi) is 19.7. The van der Waals surface area contributed by atoms with E-state index in [1.807, 2.05) is 6.07 Å². The number of hydrogen-bond donors (Lipinski definition) is 5. The van der Waals surface area contributed by atoms with Crippen LogP contribution in [0, 0.1) is 0 Å². The lowest BCUT2D eigenvalue weighted by Crippen LogP contribution is -2.22. The predicted molar refractivity (Wildman–Crippen MR) is 152 cm³/mol. The highest BCUT2D eigenvalue weighted by atomic mass is 16.3. The van der Waals surface area contributed by atoms with Crippen LogP contribution in [-0.4, -0.2) is 40.6 Å². The Balaban J connectivity index is 2.24. The molecular weight excluding hydrogens is 436 g/mol. The number of aliphatic hydroxyl groups excluding tert-OH is 2. The van der Waals surface area contributed by atoms with Crippen LogP contribution in [0.4, 0.5) is 11.4 Å². The number of rotatable bonds is 24. The Morgan fingerprint density at radius 2 is 1.03 bits per heavy atom. The average molecular weight is 493 g/mol. The highest BCUT2D eigenvalue weighted by molar-refractivity contribution is 5.75. The van der Waals surface area contributed by atoms with Crippen molar-refractivity contribution in [3.05, 3.63) is 18.2 Å². The summed E-state index contributed by atoms with van der Waals surface area (Å²) >= 11 is 0. The van der Waals surface area contributed by atoms with Gasteiger partial charge in [0.25, 0.3) is 0 Å². The summed E-state index contributed by atoms with van der Waals surface area (Å²) in [4.78, 5) is 0. The first-order valence-corrected chi connectivity index (χ1v) is 14.7. The molecule has 1 aromatic carbocycles. The molecule has 0 bridgehead atoms. The summed E-state index contributed by atoms with van der Waals surface area (Å²) in [6, 6.07) is 5.34. The van der Waals surface area contributed by atoms with Crippen molar-refractivity contribution in [3.8, 4) is 5.75 Å². The molecule has 1 aromatic rings. The van der Waals surface area contributed by atoms with E-state index in [4.69, 9.17) is 0 Å². The number of nitrogens with one attached hydrogen (secondary N) is 2. The number of benzene rings is 1. The van der Waals surface area contributed by atoms with E-state index in [-0.39, 0.29) is 5.75 Å². The van der Waals surface area contributed by atoms with Gasteiger partial charge in [0.15, 0.2) is 0 Å². The maximum Gasteiger partial charge on any atom is 0.140 e. The monoisotopic (exact) mass is 492 g/mol. The fourth-order valence-electron chi connectivity index (χ4n) is 4.55. The van der Waals surface area contributed by atoms with Gasteiger partial charge in [-0.05, 0) is 25.0 Å². The number of para-hydroxylation sites is 1. The Morgan fingerprint density at radius 1 is 0.600 bits per heavy atom. The van der Waals surface area contributed by atoms with E-state index in [1.165, 1.54) is 89.9 Å². The van der Waals surface area contributed by atoms with Crippen LogP contribution in [0.5, 0.6) is 5.75 Å². The highest BCUT2D eigenvalue weighted by Gasteiger charge is 2.12. The van der Waals surface area contributed by atoms with Crippen molar-refractivity contribution in [2.45, 2.75) is 142 Å². The third-order valence-electron chi connectivity index (χ3n) is 6.87. The lowest BCUT2D eigenvalue weighted by atomic mass is 10.1. The van der Waals surface area contributed by atoms with E-state index in [0.29, 0.717) is 18.8 Å². The molecule has 5 heteroatoms. The maximum absolute atomic E-state index is 10.4. The molecule has 5 N–H and O–H groups in total. The first-order chi connectivity index (χ1) is 17.1. The minimum absolute atomic E-state index is 0.159. The lowest BCUT2D eigenvalue weighted by Gasteiger charge is -2.19. The Morgan fingerprint density at radius 3 is 1.51 bits per heavy atom. The van der Waals surface area contributed by atoms with Crippen molar-refractivity contribution in [1.82, 2.24) is 0 Å². The van der Waals surface area contributed by atoms with Gasteiger partial charge in [0.05, 0.1) is 17.9 Å². The topological polar surface area (TPSA) is 84.8 Å². The number of phenolic OH excluding ortho intramolecular Hbond substituents is 1. The lowest BCUT2D eigenvalue weighted by molar-refractivity contribution is 0.172. The molecule has 0 heterocycles. The number of anilines is 2. The molecule has 0 aliphatic rings. The van der Waals surface area contributed by atoms with Crippen LogP contribution in [0.3, 0.4) is 0 Å². The molecule has 35 heavy (non-hydrogen) atoms. The molecule has 0 radical (unpaired) electrons. The van der Waals surface area contributed by atoms with Gasteiger partial charge in [0.2, 0.25) is 0 Å². The molecule has 0 fully saturated rings. The molecular formula is C30H56N2O3. The first kappa shape index (κ1) is 31.6. The number of aromatic hydroxyl groups is 1. The van der Waals surface area contributed by atoms with Gasteiger partial charge in [-0.2, -0.15) is 0 Å². The molecule has 204 valence electrons. The second kappa shape index (κ2) is 21.8. The fraction of sp³-hybridized carbons (Fsp3) is 0.800. The summed E-state index contributed by atoms with van der Waals surface area (Å²) in [5, 5.41) is 37.6. The van der Waals surface area contributed by atoms with Crippen LogP contribution in [0.15, 0.2) is 18.2 Å². The van der Waals surface area contributed by atoms with Gasteiger partial charge in [-0.3, -0.25) is 0 Å². The zero-order valence-corrected chi connectivity index (χ0v) is 22.9.